The molecule has 0 spiro atoms. The monoisotopic (exact) mass is 424 g/mol. The highest BCUT2D eigenvalue weighted by Gasteiger charge is 2.29. The summed E-state index contributed by atoms with van der Waals surface area (Å²) >= 11 is 11.9. The van der Waals surface area contributed by atoms with E-state index in [1.54, 1.807) is 29.2 Å². The normalized spacial score (nSPS) is 16.0. The summed E-state index contributed by atoms with van der Waals surface area (Å²) in [6.45, 7) is 1.16. The molecule has 0 atom stereocenters. The quantitative estimate of drug-likeness (QED) is 0.705. The summed E-state index contributed by atoms with van der Waals surface area (Å²) < 4.78 is 26.7. The summed E-state index contributed by atoms with van der Waals surface area (Å²) in [5.74, 6) is -0.168. The Bertz CT molecular complexity index is 951. The van der Waals surface area contributed by atoms with Crippen LogP contribution >= 0.6 is 23.2 Å². The van der Waals surface area contributed by atoms with Crippen LogP contribution in [0, 0.1) is 0 Å². The molecule has 5 nitrogen and oxygen atoms in total. The van der Waals surface area contributed by atoms with E-state index in [2.05, 4.69) is 0 Å². The predicted octanol–water partition coefficient (Wildman–Crippen LogP) is 3.54. The van der Waals surface area contributed by atoms with Crippen molar-refractivity contribution in [1.29, 1.82) is 0 Å². The molecule has 1 aliphatic rings. The molecule has 0 saturated carbocycles. The Kier molecular flexibility index (Phi) is 6.22. The zero-order chi connectivity index (χ0) is 19.4. The number of hydrogen-bond acceptors (Lipinski definition) is 3. The first kappa shape index (κ1) is 19.9. The van der Waals surface area contributed by atoms with E-state index in [4.69, 9.17) is 23.2 Å². The Morgan fingerprint density at radius 1 is 0.926 bits per heavy atom. The maximum absolute atomic E-state index is 12.7. The number of halogens is 2. The first-order chi connectivity index (χ1) is 12.9. The van der Waals surface area contributed by atoms with E-state index < -0.39 is 10.0 Å². The highest BCUT2D eigenvalue weighted by molar-refractivity contribution is 7.89. The molecule has 0 radical (unpaired) electrons. The van der Waals surface area contributed by atoms with Crippen molar-refractivity contribution in [3.63, 3.8) is 0 Å². The molecule has 142 valence electrons. The van der Waals surface area contributed by atoms with Gasteiger partial charge in [-0.1, -0.05) is 41.4 Å². The van der Waals surface area contributed by atoms with Crippen LogP contribution in [0.15, 0.2) is 59.5 Å². The van der Waals surface area contributed by atoms with Crippen molar-refractivity contribution >= 4 is 45.2 Å². The van der Waals surface area contributed by atoms with Crippen LogP contribution in [0.4, 0.5) is 0 Å². The SMILES string of the molecule is O=C(/C=C/c1ccccc1Cl)N1CCN(S(=O)(=O)c2ccc(Cl)cc2)CC1. The van der Waals surface area contributed by atoms with Crippen molar-refractivity contribution < 1.29 is 13.2 Å². The molecule has 3 rings (SSSR count). The Morgan fingerprint density at radius 3 is 2.19 bits per heavy atom. The molecule has 0 aromatic heterocycles. The third-order valence-corrected chi connectivity index (χ3v) is 6.82. The van der Waals surface area contributed by atoms with Crippen LogP contribution < -0.4 is 0 Å². The molecule has 1 fully saturated rings. The molecule has 0 bridgehead atoms. The molecule has 1 aliphatic heterocycles. The lowest BCUT2D eigenvalue weighted by Crippen LogP contribution is -2.50. The number of sulfonamides is 1. The van der Waals surface area contributed by atoms with Gasteiger partial charge in [0, 0.05) is 42.3 Å². The van der Waals surface area contributed by atoms with Crippen molar-refractivity contribution in [2.45, 2.75) is 4.90 Å². The number of carbonyl (C=O) groups is 1. The van der Waals surface area contributed by atoms with Gasteiger partial charge in [-0.25, -0.2) is 8.42 Å². The topological polar surface area (TPSA) is 57.7 Å². The zero-order valence-electron chi connectivity index (χ0n) is 14.4. The summed E-state index contributed by atoms with van der Waals surface area (Å²) in [5, 5.41) is 1.05. The van der Waals surface area contributed by atoms with Crippen LogP contribution in [0.1, 0.15) is 5.56 Å². The smallest absolute Gasteiger partial charge is 0.246 e. The zero-order valence-corrected chi connectivity index (χ0v) is 16.7. The molecule has 27 heavy (non-hydrogen) atoms. The predicted molar refractivity (Wildman–Crippen MR) is 107 cm³/mol. The number of piperazine rings is 1. The molecule has 1 amide bonds. The summed E-state index contributed by atoms with van der Waals surface area (Å²) in [5.41, 5.74) is 0.761. The first-order valence-electron chi connectivity index (χ1n) is 8.35. The number of benzene rings is 2. The van der Waals surface area contributed by atoms with Gasteiger partial charge in [0.1, 0.15) is 0 Å². The van der Waals surface area contributed by atoms with Crippen LogP contribution in [0.2, 0.25) is 10.0 Å². The second kappa shape index (κ2) is 8.44. The lowest BCUT2D eigenvalue weighted by Gasteiger charge is -2.33. The maximum Gasteiger partial charge on any atom is 0.246 e. The third kappa shape index (κ3) is 4.71. The minimum atomic E-state index is -3.59. The molecule has 1 saturated heterocycles. The lowest BCUT2D eigenvalue weighted by molar-refractivity contribution is -0.127. The Hall–Kier alpha value is -1.86. The molecule has 2 aromatic carbocycles. The fourth-order valence-corrected chi connectivity index (χ4v) is 4.53. The van der Waals surface area contributed by atoms with Crippen molar-refractivity contribution in [3.05, 3.63) is 70.2 Å². The van der Waals surface area contributed by atoms with Crippen LogP contribution in [0.3, 0.4) is 0 Å². The summed E-state index contributed by atoms with van der Waals surface area (Å²) in [7, 11) is -3.59. The average molecular weight is 425 g/mol. The first-order valence-corrected chi connectivity index (χ1v) is 10.5. The van der Waals surface area contributed by atoms with Gasteiger partial charge in [-0.05, 0) is 42.0 Å². The minimum Gasteiger partial charge on any atom is -0.337 e. The van der Waals surface area contributed by atoms with Gasteiger partial charge >= 0.3 is 0 Å². The van der Waals surface area contributed by atoms with Crippen LogP contribution in [-0.4, -0.2) is 49.7 Å². The van der Waals surface area contributed by atoms with E-state index in [9.17, 15) is 13.2 Å². The average Bonchev–Trinajstić information content (AvgIpc) is 2.67. The maximum atomic E-state index is 12.7. The van der Waals surface area contributed by atoms with Gasteiger partial charge in [0.25, 0.3) is 0 Å². The second-order valence-electron chi connectivity index (χ2n) is 6.04. The Balaban J connectivity index is 1.62. The van der Waals surface area contributed by atoms with Crippen LogP contribution in [0.5, 0.6) is 0 Å². The molecular formula is C19H18Cl2N2O3S. The standard InChI is InChI=1S/C19H18Cl2N2O3S/c20-16-6-8-17(9-7-16)27(25,26)23-13-11-22(12-14-23)19(24)10-5-15-3-1-2-4-18(15)21/h1-10H,11-14H2/b10-5+. The highest BCUT2D eigenvalue weighted by atomic mass is 35.5. The molecule has 0 unspecified atom stereocenters. The summed E-state index contributed by atoms with van der Waals surface area (Å²) in [6, 6.07) is 13.3. The number of carbonyl (C=O) groups excluding carboxylic acids is 1. The number of amides is 1. The Morgan fingerprint density at radius 2 is 1.56 bits per heavy atom. The van der Waals surface area contributed by atoms with Crippen LogP contribution in [-0.2, 0) is 14.8 Å². The molecule has 8 heteroatoms. The van der Waals surface area contributed by atoms with Gasteiger partial charge < -0.3 is 4.90 Å². The van der Waals surface area contributed by atoms with Gasteiger partial charge in [0.15, 0.2) is 0 Å². The van der Waals surface area contributed by atoms with Crippen molar-refractivity contribution in [3.8, 4) is 0 Å². The third-order valence-electron chi connectivity index (χ3n) is 4.31. The second-order valence-corrected chi connectivity index (χ2v) is 8.82. The van der Waals surface area contributed by atoms with Crippen molar-refractivity contribution in [2.24, 2.45) is 0 Å². The Labute approximate surface area is 168 Å². The fourth-order valence-electron chi connectivity index (χ4n) is 2.78. The fraction of sp³-hybridized carbons (Fsp3) is 0.211. The molecule has 0 N–H and O–H groups in total. The number of rotatable bonds is 4. The van der Waals surface area contributed by atoms with E-state index in [1.807, 2.05) is 18.2 Å². The van der Waals surface area contributed by atoms with Gasteiger partial charge in [0.2, 0.25) is 15.9 Å². The lowest BCUT2D eigenvalue weighted by atomic mass is 10.2. The highest BCUT2D eigenvalue weighted by Crippen LogP contribution is 2.20. The van der Waals surface area contributed by atoms with Gasteiger partial charge in [-0.3, -0.25) is 4.79 Å². The van der Waals surface area contributed by atoms with Crippen LogP contribution in [0.25, 0.3) is 6.08 Å². The minimum absolute atomic E-state index is 0.168. The number of hydrogen-bond donors (Lipinski definition) is 0. The van der Waals surface area contributed by atoms with E-state index in [0.29, 0.717) is 23.1 Å². The van der Waals surface area contributed by atoms with Crippen molar-refractivity contribution in [1.82, 2.24) is 9.21 Å². The van der Waals surface area contributed by atoms with E-state index in [1.165, 1.54) is 22.5 Å². The van der Waals surface area contributed by atoms with E-state index >= 15 is 0 Å². The van der Waals surface area contributed by atoms with E-state index in [0.717, 1.165) is 5.56 Å². The van der Waals surface area contributed by atoms with Crippen molar-refractivity contribution in [2.75, 3.05) is 26.2 Å². The van der Waals surface area contributed by atoms with E-state index in [-0.39, 0.29) is 23.9 Å². The molecular weight excluding hydrogens is 407 g/mol. The molecule has 1 heterocycles. The molecule has 2 aromatic rings. The van der Waals surface area contributed by atoms with Gasteiger partial charge in [0.05, 0.1) is 4.90 Å². The largest absolute Gasteiger partial charge is 0.337 e. The summed E-state index contributed by atoms with van der Waals surface area (Å²) in [6.07, 6.45) is 3.13. The van der Waals surface area contributed by atoms with Gasteiger partial charge in [-0.15, -0.1) is 0 Å². The molecule has 0 aliphatic carbocycles. The number of nitrogens with zero attached hydrogens (tertiary/aromatic N) is 2. The van der Waals surface area contributed by atoms with Gasteiger partial charge in [-0.2, -0.15) is 4.31 Å². The summed E-state index contributed by atoms with van der Waals surface area (Å²) in [4.78, 5) is 14.2.